The third-order valence-corrected chi connectivity index (χ3v) is 4.79. The van der Waals surface area contributed by atoms with Gasteiger partial charge in [0, 0.05) is 22.6 Å². The number of hydrogen-bond donors (Lipinski definition) is 1. The normalized spacial score (nSPS) is 11.5. The molecule has 0 amide bonds. The fourth-order valence-electron chi connectivity index (χ4n) is 1.58. The van der Waals surface area contributed by atoms with Crippen LogP contribution in [0, 0.1) is 0 Å². The molecule has 19 heavy (non-hydrogen) atoms. The number of rotatable bonds is 4. The summed E-state index contributed by atoms with van der Waals surface area (Å²) in [7, 11) is -3.12. The molecular formula is C14H15NO2S2. The van der Waals surface area contributed by atoms with Crippen LogP contribution in [-0.4, -0.2) is 14.7 Å². The average Bonchev–Trinajstić information content (AvgIpc) is 2.39. The van der Waals surface area contributed by atoms with E-state index < -0.39 is 9.84 Å². The molecule has 0 saturated carbocycles. The SMILES string of the molecule is CS(=O)(=O)c1ccc(Sc2ccc(CN)cc2)cc1. The summed E-state index contributed by atoms with van der Waals surface area (Å²) in [6, 6.07) is 14.9. The third kappa shape index (κ3) is 3.83. The molecule has 2 aromatic rings. The second-order valence-electron chi connectivity index (χ2n) is 4.19. The van der Waals surface area contributed by atoms with Gasteiger partial charge in [-0.3, -0.25) is 0 Å². The Kier molecular flexibility index (Phi) is 4.29. The van der Waals surface area contributed by atoms with Gasteiger partial charge in [0.05, 0.1) is 4.90 Å². The smallest absolute Gasteiger partial charge is 0.175 e. The zero-order chi connectivity index (χ0) is 13.9. The maximum atomic E-state index is 11.4. The molecule has 0 aromatic heterocycles. The number of nitrogens with two attached hydrogens (primary N) is 1. The highest BCUT2D eigenvalue weighted by Gasteiger charge is 2.06. The van der Waals surface area contributed by atoms with Crippen LogP contribution in [0.3, 0.4) is 0 Å². The maximum absolute atomic E-state index is 11.4. The second-order valence-corrected chi connectivity index (χ2v) is 7.36. The van der Waals surface area contributed by atoms with E-state index in [4.69, 9.17) is 5.73 Å². The van der Waals surface area contributed by atoms with Gasteiger partial charge in [-0.1, -0.05) is 23.9 Å². The Labute approximate surface area is 117 Å². The summed E-state index contributed by atoms with van der Waals surface area (Å²) in [4.78, 5) is 2.45. The van der Waals surface area contributed by atoms with Gasteiger partial charge in [-0.05, 0) is 42.0 Å². The number of sulfone groups is 1. The Morgan fingerprint density at radius 1 is 0.947 bits per heavy atom. The van der Waals surface area contributed by atoms with E-state index in [1.807, 2.05) is 36.4 Å². The van der Waals surface area contributed by atoms with Crippen molar-refractivity contribution in [1.82, 2.24) is 0 Å². The first-order valence-electron chi connectivity index (χ1n) is 5.76. The number of benzene rings is 2. The second kappa shape index (κ2) is 5.77. The lowest BCUT2D eigenvalue weighted by Gasteiger charge is -2.04. The lowest BCUT2D eigenvalue weighted by Crippen LogP contribution is -1.96. The monoisotopic (exact) mass is 293 g/mol. The summed E-state index contributed by atoms with van der Waals surface area (Å²) < 4.78 is 22.7. The molecule has 0 saturated heterocycles. The lowest BCUT2D eigenvalue weighted by molar-refractivity contribution is 0.602. The van der Waals surface area contributed by atoms with Gasteiger partial charge in [-0.2, -0.15) is 0 Å². The zero-order valence-corrected chi connectivity index (χ0v) is 12.2. The molecule has 2 aromatic carbocycles. The first-order valence-corrected chi connectivity index (χ1v) is 8.47. The van der Waals surface area contributed by atoms with Crippen molar-refractivity contribution in [3.05, 3.63) is 54.1 Å². The highest BCUT2D eigenvalue weighted by Crippen LogP contribution is 2.28. The highest BCUT2D eigenvalue weighted by molar-refractivity contribution is 7.99. The zero-order valence-electron chi connectivity index (χ0n) is 10.5. The highest BCUT2D eigenvalue weighted by atomic mass is 32.2. The molecule has 0 aliphatic heterocycles. The van der Waals surface area contributed by atoms with E-state index in [0.29, 0.717) is 11.4 Å². The molecule has 0 unspecified atom stereocenters. The average molecular weight is 293 g/mol. The third-order valence-electron chi connectivity index (χ3n) is 2.65. The first-order chi connectivity index (χ1) is 8.99. The molecule has 0 aliphatic carbocycles. The van der Waals surface area contributed by atoms with Gasteiger partial charge in [0.25, 0.3) is 0 Å². The molecule has 2 rings (SSSR count). The molecule has 0 heterocycles. The Morgan fingerprint density at radius 3 is 1.84 bits per heavy atom. The van der Waals surface area contributed by atoms with Gasteiger partial charge in [-0.15, -0.1) is 0 Å². The minimum atomic E-state index is -3.12. The molecule has 0 radical (unpaired) electrons. The fraction of sp³-hybridized carbons (Fsp3) is 0.143. The standard InChI is InChI=1S/C14H15NO2S2/c1-19(16,17)14-8-6-13(7-9-14)18-12-4-2-11(10-15)3-5-12/h2-9H,10,15H2,1H3. The topological polar surface area (TPSA) is 60.2 Å². The van der Waals surface area contributed by atoms with Crippen molar-refractivity contribution in [3.8, 4) is 0 Å². The van der Waals surface area contributed by atoms with Crippen LogP contribution in [0.5, 0.6) is 0 Å². The van der Waals surface area contributed by atoms with Gasteiger partial charge >= 0.3 is 0 Å². The summed E-state index contributed by atoms with van der Waals surface area (Å²) in [6.45, 7) is 0.536. The van der Waals surface area contributed by atoms with Crippen LogP contribution in [0.1, 0.15) is 5.56 Å². The van der Waals surface area contributed by atoms with Crippen molar-refractivity contribution in [2.24, 2.45) is 5.73 Å². The van der Waals surface area contributed by atoms with Crippen LogP contribution < -0.4 is 5.73 Å². The van der Waals surface area contributed by atoms with E-state index in [0.717, 1.165) is 15.4 Å². The van der Waals surface area contributed by atoms with E-state index in [1.54, 1.807) is 23.9 Å². The van der Waals surface area contributed by atoms with E-state index in [9.17, 15) is 8.42 Å². The van der Waals surface area contributed by atoms with E-state index in [-0.39, 0.29) is 0 Å². The van der Waals surface area contributed by atoms with Crippen molar-refractivity contribution in [1.29, 1.82) is 0 Å². The molecule has 0 atom stereocenters. The predicted molar refractivity (Wildman–Crippen MR) is 78.0 cm³/mol. The quantitative estimate of drug-likeness (QED) is 0.941. The van der Waals surface area contributed by atoms with Gasteiger partial charge in [-0.25, -0.2) is 8.42 Å². The van der Waals surface area contributed by atoms with E-state index in [1.165, 1.54) is 6.26 Å². The van der Waals surface area contributed by atoms with E-state index in [2.05, 4.69) is 0 Å². The first kappa shape index (κ1) is 14.1. The van der Waals surface area contributed by atoms with Crippen molar-refractivity contribution < 1.29 is 8.42 Å². The van der Waals surface area contributed by atoms with Crippen LogP contribution in [0.2, 0.25) is 0 Å². The molecule has 0 spiro atoms. The van der Waals surface area contributed by atoms with Crippen molar-refractivity contribution >= 4 is 21.6 Å². The molecule has 3 nitrogen and oxygen atoms in total. The van der Waals surface area contributed by atoms with Crippen LogP contribution in [0.15, 0.2) is 63.2 Å². The van der Waals surface area contributed by atoms with Gasteiger partial charge in [0.15, 0.2) is 9.84 Å². The lowest BCUT2D eigenvalue weighted by atomic mass is 10.2. The van der Waals surface area contributed by atoms with Crippen molar-refractivity contribution in [2.45, 2.75) is 21.2 Å². The molecule has 5 heteroatoms. The van der Waals surface area contributed by atoms with Gasteiger partial charge < -0.3 is 5.73 Å². The van der Waals surface area contributed by atoms with Crippen molar-refractivity contribution in [3.63, 3.8) is 0 Å². The van der Waals surface area contributed by atoms with Crippen LogP contribution in [-0.2, 0) is 16.4 Å². The summed E-state index contributed by atoms with van der Waals surface area (Å²) >= 11 is 1.59. The number of hydrogen-bond acceptors (Lipinski definition) is 4. The molecule has 0 fully saturated rings. The summed E-state index contributed by atoms with van der Waals surface area (Å²) in [5.41, 5.74) is 6.64. The molecular weight excluding hydrogens is 278 g/mol. The van der Waals surface area contributed by atoms with Crippen LogP contribution in [0.4, 0.5) is 0 Å². The fourth-order valence-corrected chi connectivity index (χ4v) is 3.03. The molecule has 2 N–H and O–H groups in total. The Morgan fingerprint density at radius 2 is 1.42 bits per heavy atom. The molecule has 0 bridgehead atoms. The summed E-state index contributed by atoms with van der Waals surface area (Å²) in [6.07, 6.45) is 1.21. The minimum absolute atomic E-state index is 0.343. The van der Waals surface area contributed by atoms with Crippen molar-refractivity contribution in [2.75, 3.05) is 6.26 Å². The Hall–Kier alpha value is -1.30. The molecule has 100 valence electrons. The van der Waals surface area contributed by atoms with Gasteiger partial charge in [0.1, 0.15) is 0 Å². The largest absolute Gasteiger partial charge is 0.326 e. The van der Waals surface area contributed by atoms with E-state index >= 15 is 0 Å². The summed E-state index contributed by atoms with van der Waals surface area (Å²) in [5.74, 6) is 0. The van der Waals surface area contributed by atoms with Crippen LogP contribution in [0.25, 0.3) is 0 Å². The molecule has 0 aliphatic rings. The minimum Gasteiger partial charge on any atom is -0.326 e. The summed E-state index contributed by atoms with van der Waals surface area (Å²) in [5, 5.41) is 0. The predicted octanol–water partition coefficient (Wildman–Crippen LogP) is 2.70. The Bertz CT molecular complexity index is 647. The Balaban J connectivity index is 2.15. The maximum Gasteiger partial charge on any atom is 0.175 e. The van der Waals surface area contributed by atoms with Gasteiger partial charge in [0.2, 0.25) is 0 Å². The van der Waals surface area contributed by atoms with Crippen LogP contribution >= 0.6 is 11.8 Å².